The molecule has 82 valence electrons. The van der Waals surface area contributed by atoms with Gasteiger partial charge in [-0.2, -0.15) is 0 Å². The van der Waals surface area contributed by atoms with Gasteiger partial charge in [0.2, 0.25) is 0 Å². The largest absolute Gasteiger partial charge is 0.302 e. The first-order chi connectivity index (χ1) is 6.74. The summed E-state index contributed by atoms with van der Waals surface area (Å²) in [5.41, 5.74) is 0. The Kier molecular flexibility index (Phi) is 3.43. The van der Waals surface area contributed by atoms with E-state index in [1.807, 2.05) is 0 Å². The molecular weight excluding hydrogens is 190 g/mol. The molecule has 2 heteroatoms. The highest BCUT2D eigenvalue weighted by molar-refractivity contribution is 8.00. The summed E-state index contributed by atoms with van der Waals surface area (Å²) in [5, 5.41) is 3.81. The van der Waals surface area contributed by atoms with E-state index in [1.165, 1.54) is 44.4 Å². The van der Waals surface area contributed by atoms with Crippen molar-refractivity contribution in [2.24, 2.45) is 11.8 Å². The normalized spacial score (nSPS) is 44.1. The Morgan fingerprint density at radius 3 is 3.00 bits per heavy atom. The lowest BCUT2D eigenvalue weighted by molar-refractivity contribution is 0.241. The smallest absolute Gasteiger partial charge is 0.0648 e. The summed E-state index contributed by atoms with van der Waals surface area (Å²) in [5.74, 6) is 3.22. The standard InChI is InChI=1S/C12H23NS/c1-3-11-5-4-6-12(7-11)13-8-10(2)9-14-12/h10-11,13H,3-9H2,1-2H3. The maximum absolute atomic E-state index is 3.81. The van der Waals surface area contributed by atoms with Crippen LogP contribution in [0.4, 0.5) is 0 Å². The zero-order valence-corrected chi connectivity index (χ0v) is 10.3. The molecule has 1 aliphatic carbocycles. The molecule has 1 saturated carbocycles. The van der Waals surface area contributed by atoms with Crippen LogP contribution < -0.4 is 5.32 Å². The van der Waals surface area contributed by atoms with Crippen LogP contribution >= 0.6 is 11.8 Å². The highest BCUT2D eigenvalue weighted by atomic mass is 32.2. The van der Waals surface area contributed by atoms with Crippen molar-refractivity contribution in [3.63, 3.8) is 0 Å². The van der Waals surface area contributed by atoms with Crippen LogP contribution in [0, 0.1) is 11.8 Å². The monoisotopic (exact) mass is 213 g/mol. The lowest BCUT2D eigenvalue weighted by Crippen LogP contribution is -2.51. The zero-order chi connectivity index (χ0) is 10.0. The summed E-state index contributed by atoms with van der Waals surface area (Å²) in [6.45, 7) is 5.94. The maximum atomic E-state index is 3.81. The van der Waals surface area contributed by atoms with E-state index in [1.54, 1.807) is 0 Å². The minimum Gasteiger partial charge on any atom is -0.302 e. The van der Waals surface area contributed by atoms with Crippen molar-refractivity contribution in [2.45, 2.75) is 50.8 Å². The second-order valence-electron chi connectivity index (χ2n) is 5.16. The third kappa shape index (κ3) is 2.27. The predicted molar refractivity (Wildman–Crippen MR) is 64.6 cm³/mol. The van der Waals surface area contributed by atoms with Gasteiger partial charge in [-0.25, -0.2) is 0 Å². The van der Waals surface area contributed by atoms with Gasteiger partial charge in [-0.3, -0.25) is 0 Å². The highest BCUT2D eigenvalue weighted by Gasteiger charge is 2.38. The molecule has 2 aliphatic rings. The van der Waals surface area contributed by atoms with Crippen LogP contribution in [0.2, 0.25) is 0 Å². The van der Waals surface area contributed by atoms with Gasteiger partial charge in [-0.05, 0) is 37.0 Å². The van der Waals surface area contributed by atoms with Gasteiger partial charge in [0.25, 0.3) is 0 Å². The lowest BCUT2D eigenvalue weighted by atomic mass is 9.83. The minimum atomic E-state index is 0.478. The quantitative estimate of drug-likeness (QED) is 0.717. The molecule has 3 atom stereocenters. The molecule has 2 rings (SSSR count). The molecule has 1 heterocycles. The fourth-order valence-electron chi connectivity index (χ4n) is 2.76. The number of rotatable bonds is 1. The van der Waals surface area contributed by atoms with E-state index in [0.717, 1.165) is 11.8 Å². The van der Waals surface area contributed by atoms with Crippen molar-refractivity contribution >= 4 is 11.8 Å². The Bertz CT molecular complexity index is 185. The molecular formula is C12H23NS. The second kappa shape index (κ2) is 4.44. The van der Waals surface area contributed by atoms with Crippen molar-refractivity contribution in [3.05, 3.63) is 0 Å². The van der Waals surface area contributed by atoms with Gasteiger partial charge in [0, 0.05) is 0 Å². The van der Waals surface area contributed by atoms with Crippen LogP contribution in [0.3, 0.4) is 0 Å². The van der Waals surface area contributed by atoms with E-state index in [0.29, 0.717) is 4.87 Å². The summed E-state index contributed by atoms with van der Waals surface area (Å²) in [4.78, 5) is 0.478. The second-order valence-corrected chi connectivity index (χ2v) is 6.57. The Balaban J connectivity index is 1.94. The van der Waals surface area contributed by atoms with Gasteiger partial charge in [0.05, 0.1) is 4.87 Å². The average molecular weight is 213 g/mol. The topological polar surface area (TPSA) is 12.0 Å². The first kappa shape index (κ1) is 10.8. The fraction of sp³-hybridized carbons (Fsp3) is 1.00. The predicted octanol–water partition coefficient (Wildman–Crippen LogP) is 3.26. The number of hydrogen-bond acceptors (Lipinski definition) is 2. The van der Waals surface area contributed by atoms with Crippen molar-refractivity contribution in [2.75, 3.05) is 12.3 Å². The van der Waals surface area contributed by atoms with E-state index in [-0.39, 0.29) is 0 Å². The Hall–Kier alpha value is 0.310. The molecule has 2 fully saturated rings. The molecule has 0 amide bonds. The average Bonchev–Trinajstić information content (AvgIpc) is 2.23. The minimum absolute atomic E-state index is 0.478. The van der Waals surface area contributed by atoms with Crippen LogP contribution in [-0.2, 0) is 0 Å². The summed E-state index contributed by atoms with van der Waals surface area (Å²) in [6.07, 6.45) is 7.10. The van der Waals surface area contributed by atoms with E-state index < -0.39 is 0 Å². The van der Waals surface area contributed by atoms with Gasteiger partial charge in [0.1, 0.15) is 0 Å². The van der Waals surface area contributed by atoms with E-state index in [2.05, 4.69) is 30.9 Å². The maximum Gasteiger partial charge on any atom is 0.0648 e. The Morgan fingerprint density at radius 1 is 1.50 bits per heavy atom. The first-order valence-corrected chi connectivity index (χ1v) is 7.11. The summed E-state index contributed by atoms with van der Waals surface area (Å²) in [7, 11) is 0. The van der Waals surface area contributed by atoms with Crippen molar-refractivity contribution in [1.82, 2.24) is 5.32 Å². The number of thioether (sulfide) groups is 1. The Morgan fingerprint density at radius 2 is 2.36 bits per heavy atom. The molecule has 0 aromatic heterocycles. The molecule has 0 aromatic carbocycles. The molecule has 0 bridgehead atoms. The molecule has 3 unspecified atom stereocenters. The third-order valence-corrected chi connectivity index (χ3v) is 5.61. The molecule has 1 aliphatic heterocycles. The van der Waals surface area contributed by atoms with Gasteiger partial charge in [-0.15, -0.1) is 11.8 Å². The molecule has 0 aromatic rings. The van der Waals surface area contributed by atoms with Crippen LogP contribution in [-0.4, -0.2) is 17.2 Å². The number of nitrogens with one attached hydrogen (secondary N) is 1. The SMILES string of the molecule is CCC1CCCC2(C1)NCC(C)CS2. The lowest BCUT2D eigenvalue weighted by Gasteiger charge is -2.45. The third-order valence-electron chi connectivity index (χ3n) is 3.81. The van der Waals surface area contributed by atoms with Gasteiger partial charge in [0.15, 0.2) is 0 Å². The van der Waals surface area contributed by atoms with Crippen LogP contribution in [0.1, 0.15) is 46.0 Å². The zero-order valence-electron chi connectivity index (χ0n) is 9.51. The van der Waals surface area contributed by atoms with Crippen LogP contribution in [0.25, 0.3) is 0 Å². The van der Waals surface area contributed by atoms with Crippen LogP contribution in [0.15, 0.2) is 0 Å². The summed E-state index contributed by atoms with van der Waals surface area (Å²) in [6, 6.07) is 0. The summed E-state index contributed by atoms with van der Waals surface area (Å²) >= 11 is 2.20. The summed E-state index contributed by atoms with van der Waals surface area (Å²) < 4.78 is 0. The van der Waals surface area contributed by atoms with Crippen molar-refractivity contribution < 1.29 is 0 Å². The van der Waals surface area contributed by atoms with Gasteiger partial charge >= 0.3 is 0 Å². The van der Waals surface area contributed by atoms with Crippen molar-refractivity contribution in [3.8, 4) is 0 Å². The van der Waals surface area contributed by atoms with Gasteiger partial charge in [-0.1, -0.05) is 33.1 Å². The van der Waals surface area contributed by atoms with E-state index >= 15 is 0 Å². The molecule has 14 heavy (non-hydrogen) atoms. The van der Waals surface area contributed by atoms with Crippen LogP contribution in [0.5, 0.6) is 0 Å². The first-order valence-electron chi connectivity index (χ1n) is 6.13. The molecule has 1 N–H and O–H groups in total. The Labute approximate surface area is 92.4 Å². The van der Waals surface area contributed by atoms with E-state index in [4.69, 9.17) is 0 Å². The molecule has 0 radical (unpaired) electrons. The van der Waals surface area contributed by atoms with Gasteiger partial charge < -0.3 is 5.32 Å². The highest BCUT2D eigenvalue weighted by Crippen LogP contribution is 2.43. The fourth-order valence-corrected chi connectivity index (χ4v) is 4.31. The van der Waals surface area contributed by atoms with E-state index in [9.17, 15) is 0 Å². The molecule has 1 spiro atoms. The molecule has 1 saturated heterocycles. The molecule has 1 nitrogen and oxygen atoms in total. The number of hydrogen-bond donors (Lipinski definition) is 1. The van der Waals surface area contributed by atoms with Crippen molar-refractivity contribution in [1.29, 1.82) is 0 Å².